The molecule has 0 radical (unpaired) electrons. The molecule has 0 bridgehead atoms. The van der Waals surface area contributed by atoms with Crippen LogP contribution in [0.25, 0.3) is 0 Å². The molecule has 0 fully saturated rings. The fourth-order valence-corrected chi connectivity index (χ4v) is 1.31. The van der Waals surface area contributed by atoms with Crippen molar-refractivity contribution in [3.05, 3.63) is 35.8 Å². The van der Waals surface area contributed by atoms with Crippen LogP contribution in [0.4, 0.5) is 0 Å². The third-order valence-electron chi connectivity index (χ3n) is 1.92. The summed E-state index contributed by atoms with van der Waals surface area (Å²) in [6, 6.07) is 0. The average molecular weight is 196 g/mol. The van der Waals surface area contributed by atoms with Gasteiger partial charge in [0.15, 0.2) is 0 Å². The first-order valence-electron chi connectivity index (χ1n) is 4.94. The topological polar surface area (TPSA) is 18.5 Å². The lowest BCUT2D eigenvalue weighted by atomic mass is 10.1. The summed E-state index contributed by atoms with van der Waals surface area (Å²) in [5.74, 6) is 1.67. The largest absolute Gasteiger partial charge is 0.497 e. The van der Waals surface area contributed by atoms with Crippen LogP contribution in [0.2, 0.25) is 0 Å². The van der Waals surface area contributed by atoms with Gasteiger partial charge in [0.25, 0.3) is 0 Å². The van der Waals surface area contributed by atoms with Crippen LogP contribution in [0.1, 0.15) is 27.2 Å². The number of hydrogen-bond donors (Lipinski definition) is 0. The highest BCUT2D eigenvalue weighted by Gasteiger charge is 2.08. The van der Waals surface area contributed by atoms with Crippen LogP contribution in [0.15, 0.2) is 35.8 Å². The second-order valence-corrected chi connectivity index (χ2v) is 2.69. The third-order valence-corrected chi connectivity index (χ3v) is 1.92. The van der Waals surface area contributed by atoms with Gasteiger partial charge in [-0.1, -0.05) is 13.5 Å². The van der Waals surface area contributed by atoms with Crippen molar-refractivity contribution >= 4 is 0 Å². The summed E-state index contributed by atoms with van der Waals surface area (Å²) >= 11 is 0. The Morgan fingerprint density at radius 1 is 1.36 bits per heavy atom. The molecule has 0 rings (SSSR count). The quantitative estimate of drug-likeness (QED) is 0.478. The minimum absolute atomic E-state index is 0.644. The summed E-state index contributed by atoms with van der Waals surface area (Å²) in [6.07, 6.45) is 4.53. The lowest BCUT2D eigenvalue weighted by Crippen LogP contribution is -1.99. The molecule has 0 atom stereocenters. The van der Waals surface area contributed by atoms with E-state index in [2.05, 4.69) is 13.5 Å². The van der Waals surface area contributed by atoms with E-state index in [1.54, 1.807) is 13.2 Å². The Bertz CT molecular complexity index is 237. The van der Waals surface area contributed by atoms with Crippen molar-refractivity contribution in [2.75, 3.05) is 13.7 Å². The Kier molecular flexibility index (Phi) is 6.63. The number of hydrogen-bond acceptors (Lipinski definition) is 2. The molecule has 0 aromatic rings. The first kappa shape index (κ1) is 12.8. The van der Waals surface area contributed by atoms with Gasteiger partial charge >= 0.3 is 0 Å². The molecule has 2 heteroatoms. The monoisotopic (exact) mass is 196 g/mol. The molecule has 80 valence electrons. The van der Waals surface area contributed by atoms with Gasteiger partial charge in [0, 0.05) is 5.57 Å². The number of allylic oxidation sites excluding steroid dienone is 3. The van der Waals surface area contributed by atoms with E-state index in [4.69, 9.17) is 9.47 Å². The Morgan fingerprint density at radius 3 is 2.29 bits per heavy atom. The van der Waals surface area contributed by atoms with Gasteiger partial charge in [-0.15, -0.1) is 0 Å². The molecule has 0 aliphatic rings. The van der Waals surface area contributed by atoms with Gasteiger partial charge in [0.05, 0.1) is 13.7 Å². The number of rotatable bonds is 6. The van der Waals surface area contributed by atoms with Crippen molar-refractivity contribution in [2.45, 2.75) is 27.2 Å². The van der Waals surface area contributed by atoms with E-state index in [1.807, 2.05) is 19.9 Å². The van der Waals surface area contributed by atoms with Crippen LogP contribution in [0.3, 0.4) is 0 Å². The molecule has 0 saturated heterocycles. The highest BCUT2D eigenvalue weighted by molar-refractivity contribution is 5.32. The molecule has 0 spiro atoms. The zero-order valence-electron chi connectivity index (χ0n) is 9.59. The minimum atomic E-state index is 0.644. The zero-order chi connectivity index (χ0) is 11.0. The second kappa shape index (κ2) is 7.25. The van der Waals surface area contributed by atoms with Crippen molar-refractivity contribution in [2.24, 2.45) is 0 Å². The molecule has 2 nitrogen and oxygen atoms in total. The molecule has 0 unspecified atom stereocenters. The van der Waals surface area contributed by atoms with Gasteiger partial charge < -0.3 is 9.47 Å². The van der Waals surface area contributed by atoms with E-state index in [1.165, 1.54) is 0 Å². The summed E-state index contributed by atoms with van der Waals surface area (Å²) in [5.41, 5.74) is 1.06. The maximum atomic E-state index is 5.47. The van der Waals surface area contributed by atoms with E-state index in [0.717, 1.165) is 23.5 Å². The fourth-order valence-electron chi connectivity index (χ4n) is 1.31. The summed E-state index contributed by atoms with van der Waals surface area (Å²) in [5, 5.41) is 0. The van der Waals surface area contributed by atoms with Gasteiger partial charge in [0.1, 0.15) is 11.5 Å². The molecular formula is C12H20O2. The minimum Gasteiger partial charge on any atom is -0.497 e. The SMILES string of the molecule is C=C/C(OCC)=C(CC)\C(=C/C)OC. The van der Waals surface area contributed by atoms with Crippen molar-refractivity contribution in [3.63, 3.8) is 0 Å². The smallest absolute Gasteiger partial charge is 0.125 e. The zero-order valence-corrected chi connectivity index (χ0v) is 9.59. The van der Waals surface area contributed by atoms with Gasteiger partial charge in [-0.3, -0.25) is 0 Å². The van der Waals surface area contributed by atoms with Crippen LogP contribution in [-0.2, 0) is 9.47 Å². The average Bonchev–Trinajstić information content (AvgIpc) is 2.23. The predicted octanol–water partition coefficient (Wildman–Crippen LogP) is 3.42. The second-order valence-electron chi connectivity index (χ2n) is 2.69. The standard InChI is InChI=1S/C12H20O2/c1-6-10(11(7-2)13-5)12(8-3)14-9-4/h7-8H,3,6,9H2,1-2,4-5H3/b11-7+,12-10+. The molecule has 0 amide bonds. The van der Waals surface area contributed by atoms with Crippen LogP contribution in [0.5, 0.6) is 0 Å². The van der Waals surface area contributed by atoms with Crippen LogP contribution < -0.4 is 0 Å². The Labute approximate surface area is 86.9 Å². The van der Waals surface area contributed by atoms with Crippen molar-refractivity contribution in [1.82, 2.24) is 0 Å². The van der Waals surface area contributed by atoms with E-state index in [0.29, 0.717) is 6.61 Å². The van der Waals surface area contributed by atoms with E-state index >= 15 is 0 Å². The van der Waals surface area contributed by atoms with E-state index in [-0.39, 0.29) is 0 Å². The lowest BCUT2D eigenvalue weighted by Gasteiger charge is -2.13. The lowest BCUT2D eigenvalue weighted by molar-refractivity contribution is 0.230. The predicted molar refractivity (Wildman–Crippen MR) is 59.9 cm³/mol. The van der Waals surface area contributed by atoms with Gasteiger partial charge in [0.2, 0.25) is 0 Å². The highest BCUT2D eigenvalue weighted by atomic mass is 16.5. The molecule has 0 aromatic heterocycles. The summed E-state index contributed by atoms with van der Waals surface area (Å²) in [7, 11) is 1.66. The van der Waals surface area contributed by atoms with Gasteiger partial charge in [-0.05, 0) is 32.4 Å². The van der Waals surface area contributed by atoms with Crippen molar-refractivity contribution in [3.8, 4) is 0 Å². The van der Waals surface area contributed by atoms with Gasteiger partial charge in [-0.25, -0.2) is 0 Å². The van der Waals surface area contributed by atoms with Crippen molar-refractivity contribution < 1.29 is 9.47 Å². The molecule has 0 heterocycles. The first-order chi connectivity index (χ1) is 6.74. The Balaban J connectivity index is 5.05. The molecular weight excluding hydrogens is 176 g/mol. The molecule has 0 saturated carbocycles. The Morgan fingerprint density at radius 2 is 2.00 bits per heavy atom. The first-order valence-corrected chi connectivity index (χ1v) is 4.94. The molecule has 0 aromatic carbocycles. The van der Waals surface area contributed by atoms with E-state index < -0.39 is 0 Å². The Hall–Kier alpha value is -1.18. The number of ether oxygens (including phenoxy) is 2. The molecule has 0 aliphatic carbocycles. The molecule has 14 heavy (non-hydrogen) atoms. The van der Waals surface area contributed by atoms with Crippen LogP contribution in [0, 0.1) is 0 Å². The fraction of sp³-hybridized carbons (Fsp3) is 0.500. The summed E-state index contributed by atoms with van der Waals surface area (Å²) < 4.78 is 10.7. The maximum Gasteiger partial charge on any atom is 0.125 e. The van der Waals surface area contributed by atoms with Crippen LogP contribution >= 0.6 is 0 Å². The summed E-state index contributed by atoms with van der Waals surface area (Å²) in [6.45, 7) is 10.4. The maximum absolute atomic E-state index is 5.47. The van der Waals surface area contributed by atoms with Crippen LogP contribution in [-0.4, -0.2) is 13.7 Å². The molecule has 0 N–H and O–H groups in total. The summed E-state index contributed by atoms with van der Waals surface area (Å²) in [4.78, 5) is 0. The van der Waals surface area contributed by atoms with Gasteiger partial charge in [-0.2, -0.15) is 0 Å². The van der Waals surface area contributed by atoms with E-state index in [9.17, 15) is 0 Å². The number of methoxy groups -OCH3 is 1. The van der Waals surface area contributed by atoms with Crippen molar-refractivity contribution in [1.29, 1.82) is 0 Å². The molecule has 0 aliphatic heterocycles. The third kappa shape index (κ3) is 3.29. The normalized spacial score (nSPS) is 13.3. The highest BCUT2D eigenvalue weighted by Crippen LogP contribution is 2.20.